The average Bonchev–Trinajstić information content (AvgIpc) is 2.50. The van der Waals surface area contributed by atoms with Crippen LogP contribution < -0.4 is 0 Å². The summed E-state index contributed by atoms with van der Waals surface area (Å²) in [6.07, 6.45) is 2.99. The van der Waals surface area contributed by atoms with Gasteiger partial charge in [0, 0.05) is 5.57 Å². The molecule has 0 N–H and O–H groups in total. The number of ether oxygens (including phenoxy) is 1. The highest BCUT2D eigenvalue weighted by atomic mass is 16.5. The van der Waals surface area contributed by atoms with Gasteiger partial charge in [-0.1, -0.05) is 6.08 Å². The van der Waals surface area contributed by atoms with Crippen molar-refractivity contribution < 1.29 is 9.53 Å². The zero-order chi connectivity index (χ0) is 8.27. The van der Waals surface area contributed by atoms with Crippen LogP contribution in [0.3, 0.4) is 0 Å². The number of carbonyl (C=O) groups excluding carboxylic acids is 1. The first-order valence-corrected chi connectivity index (χ1v) is 3.45. The second-order valence-corrected chi connectivity index (χ2v) is 2.50. The fraction of sp³-hybridized carbons (Fsp3) is 0.500. The molecule has 1 aliphatic carbocycles. The number of rotatable bonds is 1. The molecule has 0 radical (unpaired) electrons. The Morgan fingerprint density at radius 3 is 3.09 bits per heavy atom. The Kier molecular flexibility index (Phi) is 2.27. The normalized spacial score (nSPS) is 22.2. The Labute approximate surface area is 65.3 Å². The van der Waals surface area contributed by atoms with E-state index in [2.05, 4.69) is 4.74 Å². The monoisotopic (exact) mass is 151 g/mol. The van der Waals surface area contributed by atoms with Crippen LogP contribution in [0.1, 0.15) is 12.8 Å². The third-order valence-electron chi connectivity index (χ3n) is 1.79. The number of methoxy groups -OCH3 is 1. The van der Waals surface area contributed by atoms with Crippen LogP contribution >= 0.6 is 0 Å². The van der Waals surface area contributed by atoms with E-state index in [-0.39, 0.29) is 11.9 Å². The van der Waals surface area contributed by atoms with Crippen LogP contribution in [0.15, 0.2) is 11.6 Å². The summed E-state index contributed by atoms with van der Waals surface area (Å²) in [5, 5.41) is 8.47. The van der Waals surface area contributed by atoms with Gasteiger partial charge in [-0.25, -0.2) is 0 Å². The summed E-state index contributed by atoms with van der Waals surface area (Å²) in [6.45, 7) is 0. The van der Waals surface area contributed by atoms with E-state index in [1.807, 2.05) is 6.07 Å². The fourth-order valence-electron chi connectivity index (χ4n) is 1.15. The molecular formula is C8H9NO2. The van der Waals surface area contributed by atoms with Crippen molar-refractivity contribution in [2.45, 2.75) is 12.8 Å². The van der Waals surface area contributed by atoms with Crippen molar-refractivity contribution in [3.05, 3.63) is 11.6 Å². The molecule has 11 heavy (non-hydrogen) atoms. The Bertz CT molecular complexity index is 237. The van der Waals surface area contributed by atoms with Crippen LogP contribution in [-0.4, -0.2) is 13.1 Å². The summed E-state index contributed by atoms with van der Waals surface area (Å²) in [7, 11) is 1.37. The molecule has 0 aromatic rings. The highest BCUT2D eigenvalue weighted by Crippen LogP contribution is 2.24. The lowest BCUT2D eigenvalue weighted by Crippen LogP contribution is -2.12. The minimum absolute atomic E-state index is 0.116. The summed E-state index contributed by atoms with van der Waals surface area (Å²) in [5.74, 6) is -0.332. The number of nitriles is 1. The molecule has 58 valence electrons. The predicted octanol–water partition coefficient (Wildman–Crippen LogP) is 1.02. The Morgan fingerprint density at radius 1 is 1.91 bits per heavy atom. The molecule has 1 rings (SSSR count). The van der Waals surface area contributed by atoms with Crippen molar-refractivity contribution in [2.24, 2.45) is 5.92 Å². The molecular weight excluding hydrogens is 142 g/mol. The van der Waals surface area contributed by atoms with Crippen molar-refractivity contribution in [1.29, 1.82) is 5.26 Å². The molecule has 0 bridgehead atoms. The lowest BCUT2D eigenvalue weighted by atomic mass is 10.1. The van der Waals surface area contributed by atoms with Gasteiger partial charge in [0.1, 0.15) is 0 Å². The standard InChI is InChI=1S/C8H9NO2/c1-11-8(10)7-3-2-6(4-7)5-9/h2,7H,3-4H2,1H3. The quantitative estimate of drug-likeness (QED) is 0.526. The average molecular weight is 151 g/mol. The molecule has 0 heterocycles. The summed E-state index contributed by atoms with van der Waals surface area (Å²) in [6, 6.07) is 2.03. The van der Waals surface area contributed by atoms with Gasteiger partial charge in [0.2, 0.25) is 0 Å². The summed E-state index contributed by atoms with van der Waals surface area (Å²) in [4.78, 5) is 10.9. The number of esters is 1. The zero-order valence-electron chi connectivity index (χ0n) is 6.33. The molecule has 0 aromatic heterocycles. The van der Waals surface area contributed by atoms with E-state index in [4.69, 9.17) is 5.26 Å². The summed E-state index contributed by atoms with van der Waals surface area (Å²) in [5.41, 5.74) is 0.695. The van der Waals surface area contributed by atoms with Crippen LogP contribution in [-0.2, 0) is 9.53 Å². The van der Waals surface area contributed by atoms with E-state index in [9.17, 15) is 4.79 Å². The van der Waals surface area contributed by atoms with E-state index in [1.54, 1.807) is 6.08 Å². The first kappa shape index (κ1) is 7.80. The minimum atomic E-state index is -0.216. The second-order valence-electron chi connectivity index (χ2n) is 2.50. The number of hydrogen-bond acceptors (Lipinski definition) is 3. The van der Waals surface area contributed by atoms with Gasteiger partial charge in [0.25, 0.3) is 0 Å². The van der Waals surface area contributed by atoms with Crippen LogP contribution in [0.5, 0.6) is 0 Å². The first-order chi connectivity index (χ1) is 5.27. The van der Waals surface area contributed by atoms with Gasteiger partial charge < -0.3 is 4.74 Å². The van der Waals surface area contributed by atoms with E-state index in [0.717, 1.165) is 0 Å². The second kappa shape index (κ2) is 3.20. The molecule has 3 nitrogen and oxygen atoms in total. The molecule has 1 unspecified atom stereocenters. The third-order valence-corrected chi connectivity index (χ3v) is 1.79. The van der Waals surface area contributed by atoms with Crippen molar-refractivity contribution in [3.63, 3.8) is 0 Å². The van der Waals surface area contributed by atoms with E-state index >= 15 is 0 Å². The highest BCUT2D eigenvalue weighted by Gasteiger charge is 2.24. The van der Waals surface area contributed by atoms with Gasteiger partial charge in [-0.15, -0.1) is 0 Å². The van der Waals surface area contributed by atoms with Crippen molar-refractivity contribution in [3.8, 4) is 6.07 Å². The van der Waals surface area contributed by atoms with Gasteiger partial charge in [0.05, 0.1) is 19.1 Å². The van der Waals surface area contributed by atoms with Crippen molar-refractivity contribution in [1.82, 2.24) is 0 Å². The minimum Gasteiger partial charge on any atom is -0.469 e. The van der Waals surface area contributed by atoms with E-state index in [0.29, 0.717) is 18.4 Å². The van der Waals surface area contributed by atoms with E-state index < -0.39 is 0 Å². The molecule has 0 saturated carbocycles. The number of allylic oxidation sites excluding steroid dienone is 2. The molecule has 1 aliphatic rings. The summed E-state index contributed by atoms with van der Waals surface area (Å²) < 4.78 is 4.55. The predicted molar refractivity (Wildman–Crippen MR) is 38.4 cm³/mol. The topological polar surface area (TPSA) is 50.1 Å². The largest absolute Gasteiger partial charge is 0.469 e. The summed E-state index contributed by atoms with van der Waals surface area (Å²) >= 11 is 0. The maximum absolute atomic E-state index is 10.9. The Morgan fingerprint density at radius 2 is 2.64 bits per heavy atom. The van der Waals surface area contributed by atoms with Crippen LogP contribution in [0.2, 0.25) is 0 Å². The Hall–Kier alpha value is -1.30. The number of hydrogen-bond donors (Lipinski definition) is 0. The van der Waals surface area contributed by atoms with Gasteiger partial charge in [0.15, 0.2) is 0 Å². The van der Waals surface area contributed by atoms with Gasteiger partial charge in [-0.3, -0.25) is 4.79 Å². The zero-order valence-corrected chi connectivity index (χ0v) is 6.33. The van der Waals surface area contributed by atoms with Gasteiger partial charge in [-0.2, -0.15) is 5.26 Å². The van der Waals surface area contributed by atoms with Crippen molar-refractivity contribution in [2.75, 3.05) is 7.11 Å². The SMILES string of the molecule is COC(=O)C1CC=C(C#N)C1. The fourth-order valence-corrected chi connectivity index (χ4v) is 1.15. The Balaban J connectivity index is 2.49. The first-order valence-electron chi connectivity index (χ1n) is 3.45. The molecule has 0 fully saturated rings. The van der Waals surface area contributed by atoms with Crippen molar-refractivity contribution >= 4 is 5.97 Å². The lowest BCUT2D eigenvalue weighted by molar-refractivity contribution is -0.145. The van der Waals surface area contributed by atoms with Crippen LogP contribution in [0, 0.1) is 17.2 Å². The molecule has 3 heteroatoms. The molecule has 0 aromatic carbocycles. The molecule has 0 spiro atoms. The maximum atomic E-state index is 10.9. The lowest BCUT2D eigenvalue weighted by Gasteiger charge is -2.04. The molecule has 0 amide bonds. The van der Waals surface area contributed by atoms with Crippen LogP contribution in [0.4, 0.5) is 0 Å². The molecule has 1 atom stereocenters. The van der Waals surface area contributed by atoms with Crippen LogP contribution in [0.25, 0.3) is 0 Å². The number of nitrogens with zero attached hydrogens (tertiary/aromatic N) is 1. The smallest absolute Gasteiger partial charge is 0.309 e. The maximum Gasteiger partial charge on any atom is 0.309 e. The number of carbonyl (C=O) groups is 1. The van der Waals surface area contributed by atoms with E-state index in [1.165, 1.54) is 7.11 Å². The van der Waals surface area contributed by atoms with Gasteiger partial charge >= 0.3 is 5.97 Å². The molecule has 0 aliphatic heterocycles. The molecule has 0 saturated heterocycles. The third kappa shape index (κ3) is 1.58. The highest BCUT2D eigenvalue weighted by molar-refractivity contribution is 5.73. The van der Waals surface area contributed by atoms with Gasteiger partial charge in [-0.05, 0) is 12.8 Å².